The van der Waals surface area contributed by atoms with Crippen LogP contribution < -0.4 is 0 Å². The number of furan rings is 1. The molecule has 2 nitrogen and oxygen atoms in total. The highest BCUT2D eigenvalue weighted by molar-refractivity contribution is 14.1. The maximum absolute atomic E-state index is 10.5. The highest BCUT2D eigenvalue weighted by Crippen LogP contribution is 2.33. The molecule has 2 aromatic carbocycles. The van der Waals surface area contributed by atoms with E-state index in [1.54, 1.807) is 11.3 Å². The Hall–Kier alpha value is -1.37. The topological polar surface area (TPSA) is 33.4 Å². The van der Waals surface area contributed by atoms with E-state index in [0.717, 1.165) is 33.1 Å². The van der Waals surface area contributed by atoms with Crippen molar-refractivity contribution in [2.75, 3.05) is 0 Å². The number of aliphatic hydroxyl groups is 1. The van der Waals surface area contributed by atoms with E-state index >= 15 is 0 Å². The highest BCUT2D eigenvalue weighted by Gasteiger charge is 2.14. The number of benzene rings is 2. The Morgan fingerprint density at radius 1 is 0.952 bits per heavy atom. The molecule has 2 heterocycles. The second-order valence-corrected chi connectivity index (χ2v) is 7.75. The molecule has 2 aromatic heterocycles. The van der Waals surface area contributed by atoms with Crippen LogP contribution in [-0.4, -0.2) is 5.11 Å². The zero-order chi connectivity index (χ0) is 14.4. The van der Waals surface area contributed by atoms with Gasteiger partial charge in [-0.2, -0.15) is 0 Å². The molecule has 0 aliphatic carbocycles. The van der Waals surface area contributed by atoms with Crippen LogP contribution in [0.4, 0.5) is 0 Å². The molecule has 1 atom stereocenters. The Labute approximate surface area is 139 Å². The lowest BCUT2D eigenvalue weighted by atomic mass is 10.0. The minimum Gasteiger partial charge on any atom is -0.456 e. The molecule has 0 fully saturated rings. The van der Waals surface area contributed by atoms with Crippen molar-refractivity contribution in [1.82, 2.24) is 0 Å². The molecule has 104 valence electrons. The van der Waals surface area contributed by atoms with Crippen LogP contribution in [0.25, 0.3) is 21.9 Å². The number of thiophene rings is 1. The number of hydrogen-bond acceptors (Lipinski definition) is 3. The summed E-state index contributed by atoms with van der Waals surface area (Å²) in [7, 11) is 0. The van der Waals surface area contributed by atoms with Crippen LogP contribution in [0.3, 0.4) is 0 Å². The first kappa shape index (κ1) is 13.3. The molecule has 0 amide bonds. The van der Waals surface area contributed by atoms with Gasteiger partial charge in [0.05, 0.1) is 2.88 Å². The average Bonchev–Trinajstić information content (AvgIpc) is 3.09. The second kappa shape index (κ2) is 5.12. The highest BCUT2D eigenvalue weighted by atomic mass is 127. The molecule has 1 unspecified atom stereocenters. The van der Waals surface area contributed by atoms with Gasteiger partial charge in [0.2, 0.25) is 0 Å². The van der Waals surface area contributed by atoms with E-state index in [9.17, 15) is 5.11 Å². The number of para-hydroxylation sites is 1. The van der Waals surface area contributed by atoms with Crippen molar-refractivity contribution in [3.63, 3.8) is 0 Å². The molecule has 0 aliphatic heterocycles. The summed E-state index contributed by atoms with van der Waals surface area (Å²) in [5.41, 5.74) is 3.57. The number of fused-ring (bicyclic) bond motifs is 3. The fourth-order valence-corrected chi connectivity index (χ4v) is 3.96. The molecule has 21 heavy (non-hydrogen) atoms. The van der Waals surface area contributed by atoms with Gasteiger partial charge in [-0.1, -0.05) is 24.3 Å². The molecule has 0 aliphatic rings. The molecule has 0 saturated heterocycles. The van der Waals surface area contributed by atoms with Gasteiger partial charge in [0.25, 0.3) is 0 Å². The Morgan fingerprint density at radius 3 is 2.57 bits per heavy atom. The van der Waals surface area contributed by atoms with Crippen molar-refractivity contribution in [2.45, 2.75) is 6.10 Å². The summed E-state index contributed by atoms with van der Waals surface area (Å²) in [6, 6.07) is 15.9. The summed E-state index contributed by atoms with van der Waals surface area (Å²) in [4.78, 5) is 0. The van der Waals surface area contributed by atoms with Crippen LogP contribution in [0.5, 0.6) is 0 Å². The van der Waals surface area contributed by atoms with E-state index in [1.165, 1.54) is 2.88 Å². The lowest BCUT2D eigenvalue weighted by Gasteiger charge is -2.09. The predicted octanol–water partition coefficient (Wildman–Crippen LogP) is 5.33. The van der Waals surface area contributed by atoms with Gasteiger partial charge in [-0.15, -0.1) is 11.3 Å². The molecule has 0 saturated carbocycles. The van der Waals surface area contributed by atoms with Crippen LogP contribution in [0.15, 0.2) is 58.3 Å². The quantitative estimate of drug-likeness (QED) is 0.457. The molecule has 1 N–H and O–H groups in total. The van der Waals surface area contributed by atoms with E-state index < -0.39 is 6.10 Å². The lowest BCUT2D eigenvalue weighted by molar-refractivity contribution is 0.221. The van der Waals surface area contributed by atoms with Crippen LogP contribution >= 0.6 is 33.9 Å². The first-order valence-electron chi connectivity index (χ1n) is 6.55. The summed E-state index contributed by atoms with van der Waals surface area (Å²) in [5, 5.41) is 14.7. The van der Waals surface area contributed by atoms with Crippen LogP contribution in [0, 0.1) is 2.88 Å². The molecule has 4 rings (SSSR count). The first-order chi connectivity index (χ1) is 10.2. The maximum Gasteiger partial charge on any atom is 0.135 e. The molecular weight excluding hydrogens is 395 g/mol. The van der Waals surface area contributed by atoms with Gasteiger partial charge in [0.15, 0.2) is 0 Å². The zero-order valence-electron chi connectivity index (χ0n) is 10.9. The van der Waals surface area contributed by atoms with Crippen LogP contribution in [-0.2, 0) is 0 Å². The summed E-state index contributed by atoms with van der Waals surface area (Å²) in [6.07, 6.45) is -0.595. The summed E-state index contributed by atoms with van der Waals surface area (Å²) < 4.78 is 6.99. The minimum atomic E-state index is -0.595. The molecule has 4 heteroatoms. The van der Waals surface area contributed by atoms with Crippen molar-refractivity contribution in [3.05, 3.63) is 67.9 Å². The van der Waals surface area contributed by atoms with Crippen molar-refractivity contribution >= 4 is 55.9 Å². The van der Waals surface area contributed by atoms with Gasteiger partial charge in [0.1, 0.15) is 17.3 Å². The third kappa shape index (κ3) is 2.27. The largest absolute Gasteiger partial charge is 0.456 e. The van der Waals surface area contributed by atoms with Gasteiger partial charge in [-0.25, -0.2) is 0 Å². The fraction of sp³-hybridized carbons (Fsp3) is 0.0588. The van der Waals surface area contributed by atoms with Crippen molar-refractivity contribution in [2.24, 2.45) is 0 Å². The smallest absolute Gasteiger partial charge is 0.135 e. The van der Waals surface area contributed by atoms with Gasteiger partial charge >= 0.3 is 0 Å². The summed E-state index contributed by atoms with van der Waals surface area (Å²) in [6.45, 7) is 0. The molecule has 0 spiro atoms. The molecule has 0 radical (unpaired) electrons. The zero-order valence-corrected chi connectivity index (χ0v) is 13.9. The monoisotopic (exact) mass is 406 g/mol. The molecule has 0 bridgehead atoms. The van der Waals surface area contributed by atoms with Crippen LogP contribution in [0.1, 0.15) is 17.2 Å². The summed E-state index contributed by atoms with van der Waals surface area (Å²) in [5.74, 6) is 0. The van der Waals surface area contributed by atoms with E-state index in [0.29, 0.717) is 0 Å². The Balaban J connectivity index is 1.88. The first-order valence-corrected chi connectivity index (χ1v) is 8.51. The van der Waals surface area contributed by atoms with Crippen molar-refractivity contribution in [1.29, 1.82) is 0 Å². The predicted molar refractivity (Wildman–Crippen MR) is 94.8 cm³/mol. The molecule has 4 aromatic rings. The maximum atomic E-state index is 10.5. The Morgan fingerprint density at radius 2 is 1.76 bits per heavy atom. The second-order valence-electron chi connectivity index (χ2n) is 4.94. The van der Waals surface area contributed by atoms with E-state index in [1.807, 2.05) is 53.9 Å². The van der Waals surface area contributed by atoms with Crippen molar-refractivity contribution in [3.8, 4) is 0 Å². The van der Waals surface area contributed by atoms with Gasteiger partial charge in [-0.3, -0.25) is 0 Å². The lowest BCUT2D eigenvalue weighted by Crippen LogP contribution is -1.97. The van der Waals surface area contributed by atoms with E-state index in [4.69, 9.17) is 4.42 Å². The van der Waals surface area contributed by atoms with Gasteiger partial charge < -0.3 is 9.52 Å². The number of aliphatic hydroxyl groups excluding tert-OH is 1. The van der Waals surface area contributed by atoms with E-state index in [-0.39, 0.29) is 0 Å². The fourth-order valence-electron chi connectivity index (χ4n) is 2.57. The Bertz CT molecular complexity index is 938. The standard InChI is InChI=1S/C17H11IO2S/c18-16-8-11(9-21-16)17(19)10-5-6-15-13(7-10)12-3-1-2-4-14(12)20-15/h1-9,17,19H. The normalized spacial score (nSPS) is 13.0. The Kier molecular flexibility index (Phi) is 3.24. The van der Waals surface area contributed by atoms with E-state index in [2.05, 4.69) is 22.6 Å². The number of halogens is 1. The number of rotatable bonds is 2. The van der Waals surface area contributed by atoms with Crippen molar-refractivity contribution < 1.29 is 9.52 Å². The average molecular weight is 406 g/mol. The minimum absolute atomic E-state index is 0.595. The van der Waals surface area contributed by atoms with Crippen LogP contribution in [0.2, 0.25) is 0 Å². The number of hydrogen-bond donors (Lipinski definition) is 1. The third-order valence-corrected chi connectivity index (χ3v) is 5.43. The van der Waals surface area contributed by atoms with Gasteiger partial charge in [-0.05, 0) is 63.4 Å². The summed E-state index contributed by atoms with van der Waals surface area (Å²) >= 11 is 3.91. The third-order valence-electron chi connectivity index (χ3n) is 3.62. The molecular formula is C17H11IO2S. The SMILES string of the molecule is OC(c1csc(I)c1)c1ccc2oc3ccccc3c2c1. The van der Waals surface area contributed by atoms with Gasteiger partial charge in [0, 0.05) is 10.8 Å².